The third-order valence-corrected chi connectivity index (χ3v) is 6.03. The molecular weight excluding hydrogens is 356 g/mol. The Morgan fingerprint density at radius 2 is 2.18 bits per heavy atom. The predicted octanol–water partition coefficient (Wildman–Crippen LogP) is 2.38. The van der Waals surface area contributed by atoms with E-state index in [0.29, 0.717) is 25.2 Å². The van der Waals surface area contributed by atoms with Crippen LogP contribution in [0, 0.1) is 12.3 Å². The molecule has 1 N–H and O–H groups in total. The van der Waals surface area contributed by atoms with Crippen molar-refractivity contribution in [1.82, 2.24) is 20.0 Å². The van der Waals surface area contributed by atoms with Crippen LogP contribution >= 0.6 is 0 Å². The minimum atomic E-state index is -0.454. The number of hydrogen-bond acceptors (Lipinski definition) is 4. The van der Waals surface area contributed by atoms with Crippen LogP contribution < -0.4 is 4.74 Å². The highest BCUT2D eigenvalue weighted by molar-refractivity contribution is 5.96. The molecule has 0 aliphatic carbocycles. The molecule has 28 heavy (non-hydrogen) atoms. The van der Waals surface area contributed by atoms with Gasteiger partial charge in [0.2, 0.25) is 5.91 Å². The highest BCUT2D eigenvalue weighted by Crippen LogP contribution is 2.41. The molecule has 2 amide bonds. The second kappa shape index (κ2) is 7.30. The zero-order valence-electron chi connectivity index (χ0n) is 16.4. The topological polar surface area (TPSA) is 78.5 Å². The van der Waals surface area contributed by atoms with Crippen molar-refractivity contribution in [2.75, 3.05) is 26.7 Å². The molecule has 0 unspecified atom stereocenters. The fraction of sp³-hybridized carbons (Fsp3) is 0.476. The van der Waals surface area contributed by atoms with Gasteiger partial charge in [-0.3, -0.25) is 14.7 Å². The molecule has 148 valence electrons. The van der Waals surface area contributed by atoms with Gasteiger partial charge in [-0.15, -0.1) is 0 Å². The summed E-state index contributed by atoms with van der Waals surface area (Å²) in [7, 11) is 1.64. The summed E-state index contributed by atoms with van der Waals surface area (Å²) in [4.78, 5) is 30.0. The largest absolute Gasteiger partial charge is 0.497 e. The summed E-state index contributed by atoms with van der Waals surface area (Å²) in [5.74, 6) is 0.923. The van der Waals surface area contributed by atoms with Gasteiger partial charge in [-0.25, -0.2) is 0 Å². The number of likely N-dealkylation sites (tertiary alicyclic amines) is 2. The van der Waals surface area contributed by atoms with Gasteiger partial charge in [-0.2, -0.15) is 5.10 Å². The molecule has 2 saturated heterocycles. The number of carbonyl (C=O) groups excluding carboxylic acids is 2. The van der Waals surface area contributed by atoms with Crippen molar-refractivity contribution in [3.63, 3.8) is 0 Å². The molecule has 1 aromatic heterocycles. The SMILES string of the molecule is COc1cccc(CN2CCC[C@]3(CCN(C(=O)c4cn[nH]c4C)C3)C2=O)c1. The quantitative estimate of drug-likeness (QED) is 0.881. The van der Waals surface area contributed by atoms with Crippen LogP contribution in [0.5, 0.6) is 5.75 Å². The van der Waals surface area contributed by atoms with Crippen molar-refractivity contribution >= 4 is 11.8 Å². The minimum absolute atomic E-state index is 0.0409. The van der Waals surface area contributed by atoms with Crippen LogP contribution in [0.2, 0.25) is 0 Å². The number of aromatic nitrogens is 2. The number of benzene rings is 1. The third kappa shape index (κ3) is 3.25. The Morgan fingerprint density at radius 3 is 2.93 bits per heavy atom. The van der Waals surface area contributed by atoms with E-state index in [2.05, 4.69) is 10.2 Å². The molecule has 4 rings (SSSR count). The second-order valence-electron chi connectivity index (χ2n) is 7.85. The van der Waals surface area contributed by atoms with Gasteiger partial charge in [0.05, 0.1) is 24.3 Å². The highest BCUT2D eigenvalue weighted by Gasteiger charge is 2.49. The first-order chi connectivity index (χ1) is 13.5. The summed E-state index contributed by atoms with van der Waals surface area (Å²) >= 11 is 0. The van der Waals surface area contributed by atoms with Gasteiger partial charge in [0.25, 0.3) is 5.91 Å². The molecule has 2 aliphatic heterocycles. The first kappa shape index (κ1) is 18.5. The number of aryl methyl sites for hydroxylation is 1. The Kier molecular flexibility index (Phi) is 4.83. The van der Waals surface area contributed by atoms with E-state index in [4.69, 9.17) is 4.74 Å². The fourth-order valence-corrected chi connectivity index (χ4v) is 4.46. The van der Waals surface area contributed by atoms with E-state index in [1.165, 1.54) is 0 Å². The monoisotopic (exact) mass is 382 g/mol. The van der Waals surface area contributed by atoms with E-state index in [0.717, 1.165) is 42.8 Å². The summed E-state index contributed by atoms with van der Waals surface area (Å²) in [6, 6.07) is 7.84. The van der Waals surface area contributed by atoms with Gasteiger partial charge in [0, 0.05) is 31.9 Å². The van der Waals surface area contributed by atoms with Gasteiger partial charge in [0.1, 0.15) is 5.75 Å². The molecule has 2 fully saturated rings. The van der Waals surface area contributed by atoms with Crippen molar-refractivity contribution in [2.24, 2.45) is 5.41 Å². The molecule has 1 aromatic carbocycles. The van der Waals surface area contributed by atoms with E-state index < -0.39 is 5.41 Å². The van der Waals surface area contributed by atoms with Crippen molar-refractivity contribution < 1.29 is 14.3 Å². The van der Waals surface area contributed by atoms with E-state index >= 15 is 0 Å². The van der Waals surface area contributed by atoms with E-state index in [1.54, 1.807) is 13.3 Å². The van der Waals surface area contributed by atoms with Crippen LogP contribution in [0.4, 0.5) is 0 Å². The van der Waals surface area contributed by atoms with Crippen LogP contribution in [0.25, 0.3) is 0 Å². The first-order valence-corrected chi connectivity index (χ1v) is 9.74. The number of hydrogen-bond donors (Lipinski definition) is 1. The number of amides is 2. The lowest BCUT2D eigenvalue weighted by atomic mass is 9.78. The number of nitrogens with zero attached hydrogens (tertiary/aromatic N) is 3. The van der Waals surface area contributed by atoms with Crippen LogP contribution in [0.1, 0.15) is 40.9 Å². The summed E-state index contributed by atoms with van der Waals surface area (Å²) in [6.07, 6.45) is 4.10. The number of aromatic amines is 1. The average Bonchev–Trinajstić information content (AvgIpc) is 3.32. The van der Waals surface area contributed by atoms with Gasteiger partial charge >= 0.3 is 0 Å². The normalized spacial score (nSPS) is 22.1. The lowest BCUT2D eigenvalue weighted by Crippen LogP contribution is -2.50. The fourth-order valence-electron chi connectivity index (χ4n) is 4.46. The number of carbonyl (C=O) groups is 2. The predicted molar refractivity (Wildman–Crippen MR) is 104 cm³/mol. The smallest absolute Gasteiger partial charge is 0.257 e. The number of ether oxygens (including phenoxy) is 1. The summed E-state index contributed by atoms with van der Waals surface area (Å²) < 4.78 is 5.29. The summed E-state index contributed by atoms with van der Waals surface area (Å²) in [6.45, 7) is 4.28. The molecule has 3 heterocycles. The molecule has 2 aliphatic rings. The van der Waals surface area contributed by atoms with E-state index in [-0.39, 0.29) is 11.8 Å². The molecular formula is C21H26N4O3. The van der Waals surface area contributed by atoms with Gasteiger partial charge in [-0.1, -0.05) is 12.1 Å². The third-order valence-electron chi connectivity index (χ3n) is 6.03. The van der Waals surface area contributed by atoms with Crippen molar-refractivity contribution in [1.29, 1.82) is 0 Å². The molecule has 1 spiro atoms. The van der Waals surface area contributed by atoms with Crippen molar-refractivity contribution in [3.05, 3.63) is 47.3 Å². The Morgan fingerprint density at radius 1 is 1.32 bits per heavy atom. The number of nitrogens with one attached hydrogen (secondary N) is 1. The Bertz CT molecular complexity index is 893. The minimum Gasteiger partial charge on any atom is -0.497 e. The van der Waals surface area contributed by atoms with Gasteiger partial charge in [0.15, 0.2) is 0 Å². The maximum absolute atomic E-state index is 13.4. The van der Waals surface area contributed by atoms with E-state index in [1.807, 2.05) is 41.0 Å². The molecule has 0 bridgehead atoms. The molecule has 2 aromatic rings. The molecule has 1 atom stereocenters. The number of H-pyrrole nitrogens is 1. The lowest BCUT2D eigenvalue weighted by molar-refractivity contribution is -0.146. The van der Waals surface area contributed by atoms with E-state index in [9.17, 15) is 9.59 Å². The first-order valence-electron chi connectivity index (χ1n) is 9.74. The summed E-state index contributed by atoms with van der Waals surface area (Å²) in [5, 5.41) is 6.76. The van der Waals surface area contributed by atoms with Crippen molar-refractivity contribution in [3.8, 4) is 5.75 Å². The van der Waals surface area contributed by atoms with Crippen LogP contribution in [-0.4, -0.2) is 58.6 Å². The standard InChI is InChI=1S/C21H26N4O3/c1-15-18(12-22-23-15)19(26)25-10-8-21(14-25)7-4-9-24(20(21)27)13-16-5-3-6-17(11-16)28-2/h3,5-6,11-12H,4,7-10,13-14H2,1-2H3,(H,22,23)/t21-/m1/s1. The molecule has 0 radical (unpaired) electrons. The van der Waals surface area contributed by atoms with Crippen LogP contribution in [-0.2, 0) is 11.3 Å². The average molecular weight is 382 g/mol. The Labute approximate surface area is 164 Å². The number of piperidine rings is 1. The Hall–Kier alpha value is -2.83. The second-order valence-corrected chi connectivity index (χ2v) is 7.85. The Balaban J connectivity index is 1.48. The maximum Gasteiger partial charge on any atom is 0.257 e. The molecule has 7 nitrogen and oxygen atoms in total. The van der Waals surface area contributed by atoms with Crippen LogP contribution in [0.3, 0.4) is 0 Å². The zero-order chi connectivity index (χ0) is 19.7. The lowest BCUT2D eigenvalue weighted by Gasteiger charge is -2.39. The zero-order valence-corrected chi connectivity index (χ0v) is 16.4. The molecule has 0 saturated carbocycles. The van der Waals surface area contributed by atoms with Gasteiger partial charge in [-0.05, 0) is 43.9 Å². The molecule has 7 heteroatoms. The van der Waals surface area contributed by atoms with Crippen molar-refractivity contribution in [2.45, 2.75) is 32.7 Å². The maximum atomic E-state index is 13.4. The number of methoxy groups -OCH3 is 1. The van der Waals surface area contributed by atoms with Crippen LogP contribution in [0.15, 0.2) is 30.5 Å². The van der Waals surface area contributed by atoms with Gasteiger partial charge < -0.3 is 14.5 Å². The number of rotatable bonds is 4. The highest BCUT2D eigenvalue weighted by atomic mass is 16.5. The summed E-state index contributed by atoms with van der Waals surface area (Å²) in [5.41, 5.74) is 1.96.